The minimum absolute atomic E-state index is 0.559. The Labute approximate surface area is 78.8 Å². The molecule has 0 fully saturated rings. The Morgan fingerprint density at radius 3 is 2.75 bits per heavy atom. The quantitative estimate of drug-likeness (QED) is 0.193. The lowest BCUT2D eigenvalue weighted by Gasteiger charge is -1.97. The van der Waals surface area contributed by atoms with Gasteiger partial charge in [-0.1, -0.05) is 24.4 Å². The largest absolute Gasteiger partial charge is 0.458 e. The first-order chi connectivity index (χ1) is 5.91. The molecule has 65 valence electrons. The minimum Gasteiger partial charge on any atom is -0.458 e. The van der Waals surface area contributed by atoms with Crippen LogP contribution in [-0.4, -0.2) is 26.8 Å². The van der Waals surface area contributed by atoms with Gasteiger partial charge in [-0.05, 0) is 18.0 Å². The molecule has 12 heavy (non-hydrogen) atoms. The van der Waals surface area contributed by atoms with Crippen molar-refractivity contribution < 1.29 is 4.12 Å². The molecule has 0 aromatic carbocycles. The summed E-state index contributed by atoms with van der Waals surface area (Å²) < 4.78 is 4.75. The van der Waals surface area contributed by atoms with Crippen LogP contribution in [0.3, 0.4) is 0 Å². The van der Waals surface area contributed by atoms with Gasteiger partial charge < -0.3 is 4.12 Å². The van der Waals surface area contributed by atoms with E-state index < -0.39 is 0 Å². The highest BCUT2D eigenvalue weighted by molar-refractivity contribution is 6.34. The molecule has 0 spiro atoms. The Hall–Kier alpha value is -0.296. The van der Waals surface area contributed by atoms with Crippen LogP contribution in [0, 0.1) is 0 Å². The molecule has 0 aliphatic carbocycles. The van der Waals surface area contributed by atoms with Crippen LogP contribution in [0.15, 0.2) is 5.11 Å². The molecule has 0 saturated heterocycles. The lowest BCUT2D eigenvalue weighted by atomic mass is 10.2. The Kier molecular flexibility index (Phi) is 10.4. The van der Waals surface area contributed by atoms with Crippen molar-refractivity contribution >= 4 is 20.2 Å². The highest BCUT2D eigenvalue weighted by atomic mass is 28.3. The van der Waals surface area contributed by atoms with Gasteiger partial charge in [0.05, 0.1) is 0 Å². The first-order valence-electron chi connectivity index (χ1n) is 3.98. The molecule has 0 unspecified atom stereocenters. The molecule has 0 aliphatic rings. The van der Waals surface area contributed by atoms with Crippen molar-refractivity contribution in [3.05, 3.63) is 10.4 Å². The maximum atomic E-state index is 7.98. The van der Waals surface area contributed by atoms with Crippen LogP contribution in [0.1, 0.15) is 25.7 Å². The normalized spacial score (nSPS) is 9.42. The average molecular weight is 198 g/mol. The van der Waals surface area contributed by atoms with Crippen molar-refractivity contribution in [1.82, 2.24) is 0 Å². The van der Waals surface area contributed by atoms with E-state index in [1.807, 2.05) is 0 Å². The van der Waals surface area contributed by atoms with Gasteiger partial charge in [0.2, 0.25) is 20.2 Å². The van der Waals surface area contributed by atoms with Gasteiger partial charge in [0.25, 0.3) is 0 Å². The summed E-state index contributed by atoms with van der Waals surface area (Å²) in [5.41, 5.74) is 7.98. The molecule has 0 N–H and O–H groups in total. The highest BCUT2D eigenvalue weighted by Gasteiger charge is 1.90. The van der Waals surface area contributed by atoms with Crippen LogP contribution in [0.25, 0.3) is 10.4 Å². The third-order valence-corrected chi connectivity index (χ3v) is 2.56. The lowest BCUT2D eigenvalue weighted by molar-refractivity contribution is 0.630. The van der Waals surface area contributed by atoms with Crippen molar-refractivity contribution in [2.75, 3.05) is 6.54 Å². The Bertz CT molecular complexity index is 139. The van der Waals surface area contributed by atoms with Crippen LogP contribution < -0.4 is 0 Å². The molecule has 5 radical (unpaired) electrons. The number of azide groups is 1. The van der Waals surface area contributed by atoms with Crippen LogP contribution in [-0.2, 0) is 4.12 Å². The smallest absolute Gasteiger partial charge is 0.229 e. The zero-order valence-corrected chi connectivity index (χ0v) is 8.99. The molecule has 0 rings (SSSR count). The molecule has 0 heterocycles. The molecule has 0 amide bonds. The summed E-state index contributed by atoms with van der Waals surface area (Å²) >= 11 is 0. The zero-order valence-electron chi connectivity index (χ0n) is 6.99. The van der Waals surface area contributed by atoms with Gasteiger partial charge in [-0.3, -0.25) is 0 Å². The summed E-state index contributed by atoms with van der Waals surface area (Å²) in [4.78, 5) is 2.68. The highest BCUT2D eigenvalue weighted by Crippen LogP contribution is 2.02. The van der Waals surface area contributed by atoms with E-state index >= 15 is 0 Å². The fourth-order valence-electron chi connectivity index (χ4n) is 0.829. The molecule has 0 atom stereocenters. The Morgan fingerprint density at radius 2 is 2.08 bits per heavy atom. The second-order valence-electron chi connectivity index (χ2n) is 2.37. The van der Waals surface area contributed by atoms with Gasteiger partial charge in [-0.2, -0.15) is 0 Å². The molecule has 0 aromatic rings. The van der Waals surface area contributed by atoms with Crippen LogP contribution in [0.4, 0.5) is 0 Å². The second-order valence-corrected chi connectivity index (χ2v) is 3.97. The zero-order chi connectivity index (χ0) is 9.07. The van der Waals surface area contributed by atoms with E-state index in [-0.39, 0.29) is 0 Å². The van der Waals surface area contributed by atoms with Crippen molar-refractivity contribution in [2.45, 2.75) is 31.7 Å². The predicted molar refractivity (Wildman–Crippen MR) is 49.9 cm³/mol. The van der Waals surface area contributed by atoms with Crippen molar-refractivity contribution in [3.63, 3.8) is 0 Å². The van der Waals surface area contributed by atoms with Gasteiger partial charge >= 0.3 is 0 Å². The van der Waals surface area contributed by atoms with E-state index in [0.29, 0.717) is 16.3 Å². The summed E-state index contributed by atoms with van der Waals surface area (Å²) in [6, 6.07) is 1.12. The predicted octanol–water partition coefficient (Wildman–Crippen LogP) is 1.99. The molecule has 0 aliphatic heterocycles. The number of hydrogen-bond acceptors (Lipinski definition) is 2. The van der Waals surface area contributed by atoms with Gasteiger partial charge in [-0.15, -0.1) is 0 Å². The fourth-order valence-corrected chi connectivity index (χ4v) is 1.63. The maximum Gasteiger partial charge on any atom is 0.229 e. The molecule has 6 heteroatoms. The maximum absolute atomic E-state index is 7.98. The summed E-state index contributed by atoms with van der Waals surface area (Å²) in [7, 11) is 3.51. The third kappa shape index (κ3) is 9.70. The average Bonchev–Trinajstić information content (AvgIpc) is 2.10. The molecule has 0 bridgehead atoms. The standard InChI is InChI=1S/C6H12N3OSi2/c7-9-8-5-3-1-2-4-6-12-10-11/h1-6H2. The SMILES string of the molecule is [N-]=[N+]=NCCCCCC[Si]O[Si]. The summed E-state index contributed by atoms with van der Waals surface area (Å²) in [6.45, 7) is 0.632. The number of hydrogen-bond donors (Lipinski definition) is 0. The van der Waals surface area contributed by atoms with Gasteiger partial charge in [0, 0.05) is 11.5 Å². The molecule has 4 nitrogen and oxygen atoms in total. The first kappa shape index (κ1) is 11.7. The van der Waals surface area contributed by atoms with Crippen molar-refractivity contribution in [1.29, 1.82) is 0 Å². The molecule has 0 saturated carbocycles. The van der Waals surface area contributed by atoms with E-state index in [1.54, 1.807) is 0 Å². The Morgan fingerprint density at radius 1 is 1.33 bits per heavy atom. The topological polar surface area (TPSA) is 58.0 Å². The molecule has 0 aromatic heterocycles. The van der Waals surface area contributed by atoms with E-state index in [9.17, 15) is 0 Å². The fraction of sp³-hybridized carbons (Fsp3) is 1.00. The second kappa shape index (κ2) is 10.7. The summed E-state index contributed by atoms with van der Waals surface area (Å²) in [5.74, 6) is 0. The lowest BCUT2D eigenvalue weighted by Crippen LogP contribution is -1.93. The van der Waals surface area contributed by atoms with Crippen molar-refractivity contribution in [3.8, 4) is 0 Å². The van der Waals surface area contributed by atoms with Gasteiger partial charge in [-0.25, -0.2) is 0 Å². The molecular formula is C6H12N3OSi2. The third-order valence-electron chi connectivity index (χ3n) is 1.42. The Balaban J connectivity index is 2.86. The van der Waals surface area contributed by atoms with Gasteiger partial charge in [0.1, 0.15) is 0 Å². The van der Waals surface area contributed by atoms with E-state index in [1.165, 1.54) is 12.8 Å². The van der Waals surface area contributed by atoms with E-state index in [4.69, 9.17) is 9.65 Å². The first-order valence-corrected chi connectivity index (χ1v) is 5.50. The van der Waals surface area contributed by atoms with Crippen molar-refractivity contribution in [2.24, 2.45) is 5.11 Å². The van der Waals surface area contributed by atoms with Crippen LogP contribution in [0.2, 0.25) is 6.04 Å². The number of unbranched alkanes of at least 4 members (excludes halogenated alkanes) is 3. The van der Waals surface area contributed by atoms with Gasteiger partial charge in [0.15, 0.2) is 0 Å². The van der Waals surface area contributed by atoms with E-state index in [0.717, 1.165) is 18.9 Å². The summed E-state index contributed by atoms with van der Waals surface area (Å²) in [5, 5.41) is 3.46. The number of rotatable bonds is 8. The number of nitrogens with zero attached hydrogens (tertiary/aromatic N) is 3. The van der Waals surface area contributed by atoms with Crippen LogP contribution in [0.5, 0.6) is 0 Å². The van der Waals surface area contributed by atoms with Crippen LogP contribution >= 0.6 is 0 Å². The summed E-state index contributed by atoms with van der Waals surface area (Å²) in [6.07, 6.45) is 4.54. The molecular weight excluding hydrogens is 186 g/mol. The minimum atomic E-state index is 0.559. The monoisotopic (exact) mass is 198 g/mol. The van der Waals surface area contributed by atoms with E-state index in [2.05, 4.69) is 20.5 Å².